The Morgan fingerprint density at radius 1 is 0.846 bits per heavy atom. The highest BCUT2D eigenvalue weighted by atomic mass is 32.2. The Hall–Kier alpha value is -5.55. The third-order valence-corrected chi connectivity index (χ3v) is 6.14. The molecule has 39 heavy (non-hydrogen) atoms. The van der Waals surface area contributed by atoms with E-state index >= 15 is 0 Å². The van der Waals surface area contributed by atoms with Crippen LogP contribution in [0.3, 0.4) is 0 Å². The molecule has 0 unspecified atom stereocenters. The molecule has 4 rings (SSSR count). The van der Waals surface area contributed by atoms with Crippen molar-refractivity contribution in [1.82, 2.24) is 0 Å². The van der Waals surface area contributed by atoms with Crippen molar-refractivity contribution >= 4 is 43.6 Å². The molecule has 0 fully saturated rings. The molecule has 17 heteroatoms. The molecule has 0 aliphatic heterocycles. The van der Waals surface area contributed by atoms with E-state index in [2.05, 4.69) is 21.1 Å². The summed E-state index contributed by atoms with van der Waals surface area (Å²) in [7, 11) is -4.45. The van der Waals surface area contributed by atoms with Crippen molar-refractivity contribution in [2.45, 2.75) is 4.90 Å². The maximum Gasteiger partial charge on any atom is 0.319 e. The molecule has 0 bridgehead atoms. The Bertz CT molecular complexity index is 2020. The van der Waals surface area contributed by atoms with Gasteiger partial charge < -0.3 is 5.11 Å². The van der Waals surface area contributed by atoms with Gasteiger partial charge in [-0.1, -0.05) is 18.2 Å². The number of rotatable bonds is 7. The average Bonchev–Trinajstić information content (AvgIpc) is 2.87. The third-order valence-electron chi connectivity index (χ3n) is 5.29. The van der Waals surface area contributed by atoms with E-state index in [1.165, 1.54) is 24.3 Å². The Morgan fingerprint density at radius 2 is 1.56 bits per heavy atom. The van der Waals surface area contributed by atoms with Gasteiger partial charge in [-0.25, -0.2) is 0 Å². The summed E-state index contributed by atoms with van der Waals surface area (Å²) >= 11 is 0. The van der Waals surface area contributed by atoms with E-state index in [1.807, 2.05) is 0 Å². The van der Waals surface area contributed by atoms with Gasteiger partial charge >= 0.3 is 5.69 Å². The summed E-state index contributed by atoms with van der Waals surface area (Å²) in [6, 6.07) is 11.6. The zero-order chi connectivity index (χ0) is 28.5. The zero-order valence-electron chi connectivity index (χ0n) is 19.1. The molecule has 0 spiro atoms. The van der Waals surface area contributed by atoms with Crippen LogP contribution in [0.4, 0.5) is 22.7 Å². The van der Waals surface area contributed by atoms with Crippen LogP contribution in [0.2, 0.25) is 0 Å². The van der Waals surface area contributed by atoms with Crippen molar-refractivity contribution in [1.29, 1.82) is 0 Å². The number of anilines is 2. The van der Waals surface area contributed by atoms with Gasteiger partial charge in [0.2, 0.25) is 16.6 Å². The normalized spacial score (nSPS) is 12.4. The van der Waals surface area contributed by atoms with E-state index in [4.69, 9.17) is 0 Å². The monoisotopic (exact) mass is 554 g/mol. The van der Waals surface area contributed by atoms with Crippen molar-refractivity contribution in [3.63, 3.8) is 0 Å². The van der Waals surface area contributed by atoms with Crippen molar-refractivity contribution < 1.29 is 27.9 Å². The fourth-order valence-electron chi connectivity index (χ4n) is 3.43. The van der Waals surface area contributed by atoms with Gasteiger partial charge in [-0.15, -0.1) is 0 Å². The molecule has 0 saturated heterocycles. The van der Waals surface area contributed by atoms with E-state index in [0.29, 0.717) is 16.8 Å². The number of benzene rings is 4. The summed E-state index contributed by atoms with van der Waals surface area (Å²) in [5.74, 6) is -0.970. The maximum absolute atomic E-state index is 12.8. The molecule has 16 nitrogen and oxygen atoms in total. The Labute approximate surface area is 215 Å². The second kappa shape index (κ2) is 10.1. The quantitative estimate of drug-likeness (QED) is 0.108. The van der Waals surface area contributed by atoms with E-state index < -0.39 is 64.3 Å². The number of phenols is 1. The Morgan fingerprint density at radius 3 is 2.23 bits per heavy atom. The molecule has 4 aromatic carbocycles. The van der Waals surface area contributed by atoms with Gasteiger partial charge in [0.15, 0.2) is 5.36 Å². The molecule has 4 N–H and O–H groups in total. The van der Waals surface area contributed by atoms with Crippen LogP contribution in [-0.4, -0.2) is 27.9 Å². The molecule has 198 valence electrons. The third kappa shape index (κ3) is 5.43. The van der Waals surface area contributed by atoms with Gasteiger partial charge in [0.1, 0.15) is 11.0 Å². The molecular weight excluding hydrogens is 540 g/mol. The van der Waals surface area contributed by atoms with Crippen LogP contribution in [0.5, 0.6) is 5.75 Å². The molecule has 0 aromatic heterocycles. The molecule has 0 aliphatic rings. The number of non-ortho nitro benzene ring substituents is 1. The molecule has 4 aromatic rings. The van der Waals surface area contributed by atoms with E-state index in [9.17, 15) is 47.9 Å². The van der Waals surface area contributed by atoms with Gasteiger partial charge in [-0.3, -0.25) is 45.2 Å². The number of nitro groups is 2. The number of nitrogens with zero attached hydrogens (tertiary/aromatic N) is 4. The van der Waals surface area contributed by atoms with E-state index in [1.54, 1.807) is 6.07 Å². The number of nitrogens with one attached hydrogen (secondary N) is 2. The number of nitro benzene ring substituents is 2. The first-order chi connectivity index (χ1) is 18.4. The largest absolute Gasteiger partial charge is 0.501 e. The SMILES string of the molecule is O=c1cc/c(=N\Nc2cc([N+](=O)[O-])cc([N+](=O)[O-])c2O)c(=O)/c1=N/Nc1cccc2cc(S(=O)(=O)O)ccc12. The second-order valence-corrected chi connectivity index (χ2v) is 9.17. The van der Waals surface area contributed by atoms with Gasteiger partial charge in [-0.2, -0.15) is 18.6 Å². The standard InChI is InChI=1S/C22H14N6O10S/c29-19-7-6-16(24-25-17-9-12(27(32)33)10-18(21(17)30)28(34)35)22(31)20(19)26-23-15-3-1-2-11-8-13(39(36,37)38)4-5-14(11)15/h1-10,23,25,30H,(H,36,37,38)/b24-16+,26-20+. The average molecular weight is 554 g/mol. The fourth-order valence-corrected chi connectivity index (χ4v) is 3.94. The highest BCUT2D eigenvalue weighted by molar-refractivity contribution is 7.85. The number of aromatic hydroxyl groups is 1. The smallest absolute Gasteiger partial charge is 0.319 e. The van der Waals surface area contributed by atoms with Crippen molar-refractivity contribution in [2.75, 3.05) is 10.9 Å². The summed E-state index contributed by atoms with van der Waals surface area (Å²) in [6.45, 7) is 0. The first-order valence-electron chi connectivity index (χ1n) is 10.5. The van der Waals surface area contributed by atoms with Crippen molar-refractivity contribution in [3.8, 4) is 5.75 Å². The Balaban J connectivity index is 1.75. The first kappa shape index (κ1) is 26.5. The summed E-state index contributed by atoms with van der Waals surface area (Å²) in [6.07, 6.45) is 0. The van der Waals surface area contributed by atoms with Crippen LogP contribution in [0, 0.1) is 20.2 Å². The summed E-state index contributed by atoms with van der Waals surface area (Å²) in [5, 5.41) is 39.6. The topological polar surface area (TPSA) is 244 Å². The van der Waals surface area contributed by atoms with Crippen LogP contribution in [0.15, 0.2) is 85.4 Å². The van der Waals surface area contributed by atoms with Crippen LogP contribution in [-0.2, 0) is 10.1 Å². The number of hydrogen-bond donors (Lipinski definition) is 4. The molecule has 0 aliphatic carbocycles. The second-order valence-electron chi connectivity index (χ2n) is 7.75. The number of fused-ring (bicyclic) bond motifs is 1. The van der Waals surface area contributed by atoms with Gasteiger partial charge in [0.25, 0.3) is 15.8 Å². The summed E-state index contributed by atoms with van der Waals surface area (Å²) in [5.41, 5.74) is 0.957. The van der Waals surface area contributed by atoms with Crippen molar-refractivity contribution in [2.24, 2.45) is 10.2 Å². The number of phenolic OH excluding ortho intramolecular Hbond substituents is 1. The van der Waals surface area contributed by atoms with E-state index in [0.717, 1.165) is 24.3 Å². The van der Waals surface area contributed by atoms with Gasteiger partial charge in [-0.05, 0) is 35.7 Å². The zero-order valence-corrected chi connectivity index (χ0v) is 19.9. The lowest BCUT2D eigenvalue weighted by molar-refractivity contribution is -0.394. The van der Waals surface area contributed by atoms with Crippen LogP contribution < -0.4 is 32.4 Å². The summed E-state index contributed by atoms with van der Waals surface area (Å²) < 4.78 is 32.0. The van der Waals surface area contributed by atoms with Crippen LogP contribution in [0.25, 0.3) is 10.8 Å². The molecule has 0 saturated carbocycles. The first-order valence-corrected chi connectivity index (χ1v) is 11.9. The minimum absolute atomic E-state index is 0.280. The lowest BCUT2D eigenvalue weighted by Crippen LogP contribution is -2.47. The predicted octanol–water partition coefficient (Wildman–Crippen LogP) is 1.06. The van der Waals surface area contributed by atoms with Crippen molar-refractivity contribution in [3.05, 3.63) is 112 Å². The maximum atomic E-state index is 12.8. The molecule has 0 amide bonds. The minimum Gasteiger partial charge on any atom is -0.501 e. The van der Waals surface area contributed by atoms with E-state index in [-0.39, 0.29) is 10.6 Å². The fraction of sp³-hybridized carbons (Fsp3) is 0. The van der Waals surface area contributed by atoms with Gasteiger partial charge in [0, 0.05) is 11.5 Å². The minimum atomic E-state index is -4.45. The lowest BCUT2D eigenvalue weighted by Gasteiger charge is -2.06. The molecular formula is C22H14N6O10S. The predicted molar refractivity (Wildman–Crippen MR) is 135 cm³/mol. The Kier molecular flexibility index (Phi) is 6.85. The lowest BCUT2D eigenvalue weighted by atomic mass is 10.1. The highest BCUT2D eigenvalue weighted by Gasteiger charge is 2.24. The van der Waals surface area contributed by atoms with Gasteiger partial charge in [0.05, 0.1) is 26.5 Å². The molecule has 0 heterocycles. The summed E-state index contributed by atoms with van der Waals surface area (Å²) in [4.78, 5) is 45.0. The highest BCUT2D eigenvalue weighted by Crippen LogP contribution is 2.37. The van der Waals surface area contributed by atoms with Crippen LogP contribution >= 0.6 is 0 Å². The molecule has 0 radical (unpaired) electrons. The number of hydrogen-bond acceptors (Lipinski definition) is 13. The van der Waals surface area contributed by atoms with Crippen LogP contribution in [0.1, 0.15) is 0 Å². The molecule has 0 atom stereocenters.